The standard InChI is InChI=1S/C11H25P/c1-9(2)12(10(3,4)5)11(6,7)8/h9H,1-8H3/p+1. The molecule has 12 heavy (non-hydrogen) atoms. The molecule has 0 unspecified atom stereocenters. The lowest BCUT2D eigenvalue weighted by Crippen LogP contribution is -2.29. The molecule has 0 aromatic rings. The molecule has 0 saturated carbocycles. The maximum atomic E-state index is 2.40. The lowest BCUT2D eigenvalue weighted by Gasteiger charge is -2.36. The summed E-state index contributed by atoms with van der Waals surface area (Å²) in [6, 6.07) is 0. The number of hydrogen-bond donors (Lipinski definition) is 0. The van der Waals surface area contributed by atoms with Crippen LogP contribution in [0, 0.1) is 0 Å². The molecule has 0 saturated heterocycles. The summed E-state index contributed by atoms with van der Waals surface area (Å²) in [7, 11) is -0.293. The Morgan fingerprint density at radius 2 is 1.00 bits per heavy atom. The van der Waals surface area contributed by atoms with E-state index in [-0.39, 0.29) is 7.92 Å². The average Bonchev–Trinajstić information content (AvgIpc) is 1.49. The van der Waals surface area contributed by atoms with Gasteiger partial charge in [0.15, 0.2) is 0 Å². The van der Waals surface area contributed by atoms with Crippen molar-refractivity contribution in [3.63, 3.8) is 0 Å². The van der Waals surface area contributed by atoms with Crippen molar-refractivity contribution < 1.29 is 0 Å². The van der Waals surface area contributed by atoms with Crippen molar-refractivity contribution in [1.82, 2.24) is 0 Å². The van der Waals surface area contributed by atoms with Gasteiger partial charge in [0.05, 0.1) is 16.0 Å². The Hall–Kier alpha value is 0.430. The summed E-state index contributed by atoms with van der Waals surface area (Å²) in [4.78, 5) is 0. The summed E-state index contributed by atoms with van der Waals surface area (Å²) in [5, 5.41) is 1.05. The van der Waals surface area contributed by atoms with Crippen LogP contribution in [0.5, 0.6) is 0 Å². The number of hydrogen-bond acceptors (Lipinski definition) is 0. The van der Waals surface area contributed by atoms with E-state index in [1.54, 1.807) is 0 Å². The normalized spacial score (nSPS) is 14.5. The second-order valence-corrected chi connectivity index (χ2v) is 11.1. The summed E-state index contributed by atoms with van der Waals surface area (Å²) in [5.41, 5.74) is 0.870. The molecule has 0 fully saturated rings. The third-order valence-electron chi connectivity index (χ3n) is 2.19. The maximum Gasteiger partial charge on any atom is 0.0700 e. The Labute approximate surface area is 79.9 Å². The quantitative estimate of drug-likeness (QED) is 0.542. The van der Waals surface area contributed by atoms with Crippen LogP contribution in [-0.4, -0.2) is 16.0 Å². The zero-order chi connectivity index (χ0) is 10.2. The highest BCUT2D eigenvalue weighted by Crippen LogP contribution is 2.62. The van der Waals surface area contributed by atoms with E-state index in [1.165, 1.54) is 0 Å². The molecule has 0 aliphatic carbocycles. The van der Waals surface area contributed by atoms with Crippen LogP contribution in [0.1, 0.15) is 55.4 Å². The van der Waals surface area contributed by atoms with E-state index in [0.717, 1.165) is 5.66 Å². The highest BCUT2D eigenvalue weighted by molar-refractivity contribution is 7.61. The molecule has 0 spiro atoms. The predicted octanol–water partition coefficient (Wildman–Crippen LogP) is 4.21. The van der Waals surface area contributed by atoms with Gasteiger partial charge >= 0.3 is 0 Å². The minimum absolute atomic E-state index is 0.293. The molecule has 1 heteroatoms. The van der Waals surface area contributed by atoms with Crippen LogP contribution in [-0.2, 0) is 0 Å². The topological polar surface area (TPSA) is 0 Å². The van der Waals surface area contributed by atoms with Gasteiger partial charge < -0.3 is 0 Å². The molecular formula is C11H26P+. The summed E-state index contributed by atoms with van der Waals surface area (Å²) < 4.78 is 0. The smallest absolute Gasteiger partial charge is 0.0287 e. The van der Waals surface area contributed by atoms with Gasteiger partial charge in [-0.2, -0.15) is 0 Å². The van der Waals surface area contributed by atoms with Gasteiger partial charge in [0.25, 0.3) is 0 Å². The monoisotopic (exact) mass is 189 g/mol. The SMILES string of the molecule is CC(C)[PH+](C(C)(C)C)C(C)(C)C. The van der Waals surface area contributed by atoms with Crippen LogP contribution < -0.4 is 0 Å². The minimum atomic E-state index is -0.293. The average molecular weight is 189 g/mol. The largest absolute Gasteiger partial charge is 0.0700 e. The minimum Gasteiger partial charge on any atom is -0.0287 e. The number of rotatable bonds is 1. The van der Waals surface area contributed by atoms with Crippen molar-refractivity contribution in [2.24, 2.45) is 0 Å². The van der Waals surface area contributed by atoms with Gasteiger partial charge in [0, 0.05) is 7.92 Å². The molecule has 0 nitrogen and oxygen atoms in total. The summed E-state index contributed by atoms with van der Waals surface area (Å²) in [6.07, 6.45) is 0. The van der Waals surface area contributed by atoms with E-state index in [0.29, 0.717) is 10.3 Å². The van der Waals surface area contributed by atoms with Crippen LogP contribution in [0.3, 0.4) is 0 Å². The molecule has 0 aromatic carbocycles. The Morgan fingerprint density at radius 1 is 0.750 bits per heavy atom. The summed E-state index contributed by atoms with van der Waals surface area (Å²) >= 11 is 0. The van der Waals surface area contributed by atoms with Gasteiger partial charge in [-0.3, -0.25) is 0 Å². The highest BCUT2D eigenvalue weighted by Gasteiger charge is 2.43. The predicted molar refractivity (Wildman–Crippen MR) is 63.0 cm³/mol. The van der Waals surface area contributed by atoms with Crippen molar-refractivity contribution in [3.05, 3.63) is 0 Å². The molecule has 0 rings (SSSR count). The fraction of sp³-hybridized carbons (Fsp3) is 1.00. The Morgan fingerprint density at radius 3 is 1.00 bits per heavy atom. The highest BCUT2D eigenvalue weighted by atomic mass is 31.1. The molecule has 0 atom stereocenters. The first-order valence-corrected chi connectivity index (χ1v) is 6.52. The Kier molecular flexibility index (Phi) is 3.79. The summed E-state index contributed by atoms with van der Waals surface area (Å²) in [6.45, 7) is 19.1. The fourth-order valence-corrected chi connectivity index (χ4v) is 8.57. The van der Waals surface area contributed by atoms with Crippen LogP contribution in [0.15, 0.2) is 0 Å². The van der Waals surface area contributed by atoms with E-state index in [1.807, 2.05) is 0 Å². The van der Waals surface area contributed by atoms with E-state index in [9.17, 15) is 0 Å². The van der Waals surface area contributed by atoms with Crippen molar-refractivity contribution in [3.8, 4) is 0 Å². The maximum absolute atomic E-state index is 2.40. The molecule has 0 radical (unpaired) electrons. The molecule has 0 N–H and O–H groups in total. The van der Waals surface area contributed by atoms with Gasteiger partial charge in [0.2, 0.25) is 0 Å². The molecule has 0 aliphatic rings. The molecule has 0 bridgehead atoms. The van der Waals surface area contributed by atoms with E-state index in [2.05, 4.69) is 55.4 Å². The second-order valence-electron chi connectivity index (χ2n) is 6.07. The molecular weight excluding hydrogens is 163 g/mol. The lowest BCUT2D eigenvalue weighted by molar-refractivity contribution is 0.691. The fourth-order valence-electron chi connectivity index (χ4n) is 2.86. The molecule has 0 aliphatic heterocycles. The van der Waals surface area contributed by atoms with E-state index in [4.69, 9.17) is 0 Å². The van der Waals surface area contributed by atoms with Gasteiger partial charge in [0.1, 0.15) is 0 Å². The van der Waals surface area contributed by atoms with Crippen LogP contribution in [0.25, 0.3) is 0 Å². The first-order valence-electron chi connectivity index (χ1n) is 4.94. The summed E-state index contributed by atoms with van der Waals surface area (Å²) in [5.74, 6) is 0. The first-order chi connectivity index (χ1) is 5.07. The van der Waals surface area contributed by atoms with Crippen molar-refractivity contribution in [2.45, 2.75) is 71.4 Å². The van der Waals surface area contributed by atoms with Gasteiger partial charge in [-0.1, -0.05) is 0 Å². The Bertz CT molecular complexity index is 120. The molecule has 74 valence electrons. The van der Waals surface area contributed by atoms with E-state index < -0.39 is 0 Å². The van der Waals surface area contributed by atoms with Gasteiger partial charge in [-0.25, -0.2) is 0 Å². The third kappa shape index (κ3) is 3.44. The van der Waals surface area contributed by atoms with E-state index >= 15 is 0 Å². The van der Waals surface area contributed by atoms with Crippen LogP contribution >= 0.6 is 7.92 Å². The molecule has 0 heterocycles. The first kappa shape index (κ1) is 12.4. The van der Waals surface area contributed by atoms with Crippen LogP contribution in [0.4, 0.5) is 0 Å². The van der Waals surface area contributed by atoms with Gasteiger partial charge in [-0.05, 0) is 55.4 Å². The zero-order valence-electron chi connectivity index (χ0n) is 10.1. The van der Waals surface area contributed by atoms with Crippen LogP contribution in [0.2, 0.25) is 0 Å². The van der Waals surface area contributed by atoms with Crippen molar-refractivity contribution in [2.75, 3.05) is 0 Å². The lowest BCUT2D eigenvalue weighted by atomic mass is 10.2. The second kappa shape index (κ2) is 3.66. The Balaban J connectivity index is 4.70. The molecule has 0 amide bonds. The zero-order valence-corrected chi connectivity index (χ0v) is 11.1. The van der Waals surface area contributed by atoms with Crippen molar-refractivity contribution >= 4 is 7.92 Å². The molecule has 0 aromatic heterocycles. The van der Waals surface area contributed by atoms with Gasteiger partial charge in [-0.15, -0.1) is 0 Å². The van der Waals surface area contributed by atoms with Crippen molar-refractivity contribution in [1.29, 1.82) is 0 Å². The third-order valence-corrected chi connectivity index (χ3v) is 6.58.